The molecule has 0 aliphatic rings. The van der Waals surface area contributed by atoms with Crippen molar-refractivity contribution in [2.75, 3.05) is 6.61 Å². The van der Waals surface area contributed by atoms with Gasteiger partial charge < -0.3 is 14.7 Å². The van der Waals surface area contributed by atoms with Crippen molar-refractivity contribution in [3.05, 3.63) is 84.2 Å². The number of carbonyl (C=O) groups is 2. The summed E-state index contributed by atoms with van der Waals surface area (Å²) in [6, 6.07) is 19.5. The van der Waals surface area contributed by atoms with Crippen LogP contribution in [-0.4, -0.2) is 39.5 Å². The lowest BCUT2D eigenvalue weighted by Gasteiger charge is -2.29. The van der Waals surface area contributed by atoms with Crippen molar-refractivity contribution in [1.82, 2.24) is 9.88 Å². The molecule has 3 rings (SSSR count). The second-order valence-corrected chi connectivity index (χ2v) is 8.66. The van der Waals surface area contributed by atoms with Gasteiger partial charge in [0.2, 0.25) is 0 Å². The average molecular weight is 475 g/mol. The fourth-order valence-electron chi connectivity index (χ4n) is 3.86. The summed E-state index contributed by atoms with van der Waals surface area (Å²) in [5.74, 6) is -0.0120. The van der Waals surface area contributed by atoms with Gasteiger partial charge in [-0.25, -0.2) is 0 Å². The molecule has 1 aromatic heterocycles. The zero-order valence-corrected chi connectivity index (χ0v) is 20.5. The summed E-state index contributed by atoms with van der Waals surface area (Å²) in [7, 11) is 0. The molecule has 1 unspecified atom stereocenters. The minimum atomic E-state index is -0.766. The maximum atomic E-state index is 13.5. The number of carbonyl (C=O) groups excluding carboxylic acids is 1. The van der Waals surface area contributed by atoms with Gasteiger partial charge in [0.15, 0.2) is 0 Å². The average Bonchev–Trinajstić information content (AvgIpc) is 2.89. The lowest BCUT2D eigenvalue weighted by Crippen LogP contribution is -2.37. The second kappa shape index (κ2) is 13.3. The number of pyridine rings is 1. The van der Waals surface area contributed by atoms with Gasteiger partial charge in [0.1, 0.15) is 5.75 Å². The lowest BCUT2D eigenvalue weighted by molar-refractivity contribution is -0.137. The normalized spacial score (nSPS) is 11.6. The van der Waals surface area contributed by atoms with Crippen LogP contribution in [0.25, 0.3) is 11.1 Å². The molecule has 0 bridgehead atoms. The third kappa shape index (κ3) is 7.67. The van der Waals surface area contributed by atoms with Crippen LogP contribution in [0.5, 0.6) is 5.75 Å². The van der Waals surface area contributed by atoms with E-state index >= 15 is 0 Å². The topological polar surface area (TPSA) is 79.7 Å². The van der Waals surface area contributed by atoms with Crippen LogP contribution in [0.15, 0.2) is 73.1 Å². The molecule has 1 amide bonds. The summed E-state index contributed by atoms with van der Waals surface area (Å²) in [6.07, 6.45) is 6.79. The fourth-order valence-corrected chi connectivity index (χ4v) is 3.86. The second-order valence-electron chi connectivity index (χ2n) is 8.66. The number of aliphatic carboxylic acids is 1. The summed E-state index contributed by atoms with van der Waals surface area (Å²) in [5, 5.41) is 8.76. The van der Waals surface area contributed by atoms with Crippen molar-refractivity contribution < 1.29 is 19.4 Å². The van der Waals surface area contributed by atoms with Crippen LogP contribution in [0, 0.1) is 0 Å². The monoisotopic (exact) mass is 474 g/mol. The van der Waals surface area contributed by atoms with Gasteiger partial charge in [0, 0.05) is 42.5 Å². The quantitative estimate of drug-likeness (QED) is 0.298. The number of nitrogens with zero attached hydrogens (tertiary/aromatic N) is 2. The Bertz CT molecular complexity index is 1080. The number of amides is 1. The van der Waals surface area contributed by atoms with Gasteiger partial charge in [-0.15, -0.1) is 0 Å². The van der Waals surface area contributed by atoms with Crippen LogP contribution >= 0.6 is 0 Å². The molecule has 1 N–H and O–H groups in total. The van der Waals surface area contributed by atoms with Crippen molar-refractivity contribution >= 4 is 11.9 Å². The Morgan fingerprint density at radius 3 is 2.31 bits per heavy atom. The van der Waals surface area contributed by atoms with Gasteiger partial charge in [-0.1, -0.05) is 37.3 Å². The molecule has 6 nitrogen and oxygen atoms in total. The molecule has 0 fully saturated rings. The maximum absolute atomic E-state index is 13.5. The number of hydrogen-bond donors (Lipinski definition) is 1. The molecule has 1 heterocycles. The van der Waals surface area contributed by atoms with E-state index in [2.05, 4.69) is 18.8 Å². The van der Waals surface area contributed by atoms with Crippen LogP contribution in [0.4, 0.5) is 0 Å². The molecule has 0 saturated heterocycles. The Kier molecular flexibility index (Phi) is 9.84. The van der Waals surface area contributed by atoms with E-state index in [1.54, 1.807) is 12.4 Å². The van der Waals surface area contributed by atoms with E-state index in [1.807, 2.05) is 65.6 Å². The highest BCUT2D eigenvalue weighted by Crippen LogP contribution is 2.25. The van der Waals surface area contributed by atoms with Gasteiger partial charge in [-0.2, -0.15) is 0 Å². The van der Waals surface area contributed by atoms with Crippen molar-refractivity contribution in [2.45, 2.75) is 58.5 Å². The highest BCUT2D eigenvalue weighted by atomic mass is 16.5. The van der Waals surface area contributed by atoms with Crippen LogP contribution < -0.4 is 4.74 Å². The molecule has 0 aliphatic carbocycles. The van der Waals surface area contributed by atoms with Crippen molar-refractivity contribution in [2.24, 2.45) is 0 Å². The number of carboxylic acids is 1. The Morgan fingerprint density at radius 2 is 1.63 bits per heavy atom. The molecule has 184 valence electrons. The van der Waals surface area contributed by atoms with Gasteiger partial charge in [0.25, 0.3) is 5.91 Å². The van der Waals surface area contributed by atoms with E-state index in [-0.39, 0.29) is 18.4 Å². The molecule has 1 atom stereocenters. The summed E-state index contributed by atoms with van der Waals surface area (Å²) >= 11 is 0. The molecular formula is C29H34N2O4. The molecule has 2 aromatic carbocycles. The lowest BCUT2D eigenvalue weighted by atomic mass is 10.0. The Morgan fingerprint density at radius 1 is 0.943 bits per heavy atom. The molecular weight excluding hydrogens is 440 g/mol. The van der Waals surface area contributed by atoms with Crippen molar-refractivity contribution in [3.63, 3.8) is 0 Å². The maximum Gasteiger partial charge on any atom is 0.303 e. The minimum Gasteiger partial charge on any atom is -0.493 e. The number of unbranched alkanes of at least 4 members (excludes halogenated alkanes) is 2. The smallest absolute Gasteiger partial charge is 0.303 e. The van der Waals surface area contributed by atoms with Gasteiger partial charge in [-0.05, 0) is 74.1 Å². The predicted octanol–water partition coefficient (Wildman–Crippen LogP) is 6.21. The fraction of sp³-hybridized carbons (Fsp3) is 0.345. The molecule has 35 heavy (non-hydrogen) atoms. The summed E-state index contributed by atoms with van der Waals surface area (Å²) in [4.78, 5) is 30.1. The molecule has 0 spiro atoms. The standard InChI is InChI=1S/C29H34N2O4/c1-3-22(2)31(29(34)25-14-12-23(13-15-25)24-16-18-30-19-17-24)21-26-9-6-7-10-27(26)35-20-8-4-5-11-28(32)33/h6-7,9-10,12-19,22H,3-5,8,11,20-21H2,1-2H3,(H,32,33). The number of carboxylic acid groups (broad SMARTS) is 1. The molecule has 3 aromatic rings. The predicted molar refractivity (Wildman–Crippen MR) is 137 cm³/mol. The minimum absolute atomic E-state index is 0.0101. The van der Waals surface area contributed by atoms with Crippen LogP contribution in [-0.2, 0) is 11.3 Å². The van der Waals surface area contributed by atoms with Crippen LogP contribution in [0.3, 0.4) is 0 Å². The van der Waals surface area contributed by atoms with Crippen LogP contribution in [0.2, 0.25) is 0 Å². The first-order valence-electron chi connectivity index (χ1n) is 12.2. The zero-order chi connectivity index (χ0) is 25.0. The van der Waals surface area contributed by atoms with E-state index in [1.165, 1.54) is 0 Å². The van der Waals surface area contributed by atoms with E-state index in [4.69, 9.17) is 9.84 Å². The number of benzene rings is 2. The first-order valence-corrected chi connectivity index (χ1v) is 12.2. The number of para-hydroxylation sites is 1. The Balaban J connectivity index is 1.69. The Hall–Kier alpha value is -3.67. The van der Waals surface area contributed by atoms with Crippen LogP contribution in [0.1, 0.15) is 61.9 Å². The Labute approximate surface area is 207 Å². The zero-order valence-electron chi connectivity index (χ0n) is 20.5. The number of hydrogen-bond acceptors (Lipinski definition) is 4. The summed E-state index contributed by atoms with van der Waals surface area (Å²) in [5.41, 5.74) is 3.72. The molecule has 0 aliphatic heterocycles. The largest absolute Gasteiger partial charge is 0.493 e. The summed E-state index contributed by atoms with van der Waals surface area (Å²) in [6.45, 7) is 5.12. The van der Waals surface area contributed by atoms with E-state index < -0.39 is 5.97 Å². The SMILES string of the molecule is CCC(C)N(Cc1ccccc1OCCCCCC(=O)O)C(=O)c1ccc(-c2ccncc2)cc1. The van der Waals surface area contributed by atoms with E-state index in [0.29, 0.717) is 25.1 Å². The first-order chi connectivity index (χ1) is 17.0. The third-order valence-corrected chi connectivity index (χ3v) is 6.14. The third-order valence-electron chi connectivity index (χ3n) is 6.14. The van der Waals surface area contributed by atoms with E-state index in [0.717, 1.165) is 41.7 Å². The van der Waals surface area contributed by atoms with Crippen molar-refractivity contribution in [3.8, 4) is 16.9 Å². The number of ether oxygens (including phenoxy) is 1. The molecule has 0 radical (unpaired) electrons. The molecule has 6 heteroatoms. The van der Waals surface area contributed by atoms with Gasteiger partial charge in [-0.3, -0.25) is 14.6 Å². The highest BCUT2D eigenvalue weighted by Gasteiger charge is 2.22. The van der Waals surface area contributed by atoms with Gasteiger partial charge >= 0.3 is 5.97 Å². The highest BCUT2D eigenvalue weighted by molar-refractivity contribution is 5.95. The van der Waals surface area contributed by atoms with Crippen molar-refractivity contribution in [1.29, 1.82) is 0 Å². The number of rotatable bonds is 13. The van der Waals surface area contributed by atoms with E-state index in [9.17, 15) is 9.59 Å². The first kappa shape index (κ1) is 25.9. The number of aromatic nitrogens is 1. The summed E-state index contributed by atoms with van der Waals surface area (Å²) < 4.78 is 6.02. The molecule has 0 saturated carbocycles. The van der Waals surface area contributed by atoms with Gasteiger partial charge in [0.05, 0.1) is 6.61 Å².